The van der Waals surface area contributed by atoms with Crippen LogP contribution in [0, 0.1) is 0 Å². The van der Waals surface area contributed by atoms with Gasteiger partial charge in [-0.3, -0.25) is 0 Å². The Morgan fingerprint density at radius 2 is 1.30 bits per heavy atom. The van der Waals surface area contributed by atoms with Gasteiger partial charge in [-0.15, -0.1) is 0 Å². The molecule has 0 radical (unpaired) electrons. The molecule has 132 valence electrons. The predicted octanol–water partition coefficient (Wildman–Crippen LogP) is 7.59. The topological polar surface area (TPSA) is 15.8 Å². The Bertz CT molecular complexity index is 350. The van der Waals surface area contributed by atoms with Gasteiger partial charge in [0, 0.05) is 11.9 Å². The van der Waals surface area contributed by atoms with E-state index in [0.717, 1.165) is 0 Å². The molecule has 1 nitrogen and oxygen atoms in total. The molecule has 1 aromatic heterocycles. The first-order chi connectivity index (χ1) is 11.4. The zero-order chi connectivity index (χ0) is 16.4. The van der Waals surface area contributed by atoms with Crippen molar-refractivity contribution in [2.45, 2.75) is 103 Å². The molecule has 0 saturated carbocycles. The molecule has 1 heterocycles. The van der Waals surface area contributed by atoms with Crippen LogP contribution in [0.2, 0.25) is 0 Å². The minimum Gasteiger partial charge on any atom is -0.365 e. The Labute approximate surface area is 145 Å². The van der Waals surface area contributed by atoms with E-state index in [4.69, 9.17) is 0 Å². The van der Waals surface area contributed by atoms with Crippen LogP contribution in [0.5, 0.6) is 0 Å². The van der Waals surface area contributed by atoms with E-state index < -0.39 is 0 Å². The second-order valence-corrected chi connectivity index (χ2v) is 6.88. The molecular weight excluding hydrogens is 278 g/mol. The summed E-state index contributed by atoms with van der Waals surface area (Å²) in [6.45, 7) is 2.28. The normalized spacial score (nSPS) is 11.5. The number of hydrogen-bond acceptors (Lipinski definition) is 0. The largest absolute Gasteiger partial charge is 0.365 e. The van der Waals surface area contributed by atoms with Gasteiger partial charge in [0.2, 0.25) is 0 Å². The second-order valence-electron chi connectivity index (χ2n) is 6.88. The third kappa shape index (κ3) is 13.2. The molecule has 0 unspecified atom stereocenters. The fraction of sp³-hybridized carbons (Fsp3) is 0.727. The van der Waals surface area contributed by atoms with E-state index in [1.54, 1.807) is 0 Å². The van der Waals surface area contributed by atoms with Crippen molar-refractivity contribution in [3.63, 3.8) is 0 Å². The maximum absolute atomic E-state index is 3.28. The number of hydrogen-bond donors (Lipinski definition) is 1. The highest BCUT2D eigenvalue weighted by molar-refractivity contribution is 5.03. The number of allylic oxidation sites excluding steroid dienone is 2. The Morgan fingerprint density at radius 3 is 1.87 bits per heavy atom. The maximum atomic E-state index is 3.28. The van der Waals surface area contributed by atoms with E-state index in [0.29, 0.717) is 0 Å². The minimum atomic E-state index is 1.22. The molecular formula is C22H39N. The van der Waals surface area contributed by atoms with Crippen molar-refractivity contribution < 1.29 is 0 Å². The highest BCUT2D eigenvalue weighted by Gasteiger charge is 1.94. The lowest BCUT2D eigenvalue weighted by atomic mass is 10.1. The van der Waals surface area contributed by atoms with Gasteiger partial charge in [0.1, 0.15) is 0 Å². The Hall–Kier alpha value is -0.980. The Balaban J connectivity index is 1.73. The molecule has 1 heteroatoms. The first-order valence-corrected chi connectivity index (χ1v) is 10.2. The Kier molecular flexibility index (Phi) is 13.9. The summed E-state index contributed by atoms with van der Waals surface area (Å²) in [5.74, 6) is 0. The van der Waals surface area contributed by atoms with E-state index in [1.807, 2.05) is 6.20 Å². The molecule has 0 bridgehead atoms. The second kappa shape index (κ2) is 15.9. The molecule has 0 aliphatic carbocycles. The summed E-state index contributed by atoms with van der Waals surface area (Å²) in [7, 11) is 0. The van der Waals surface area contributed by atoms with Gasteiger partial charge in [0.05, 0.1) is 0 Å². The van der Waals surface area contributed by atoms with Crippen LogP contribution in [0.4, 0.5) is 0 Å². The average molecular weight is 318 g/mol. The van der Waals surface area contributed by atoms with E-state index in [-0.39, 0.29) is 0 Å². The van der Waals surface area contributed by atoms with E-state index >= 15 is 0 Å². The lowest BCUT2D eigenvalue weighted by molar-refractivity contribution is 0.594. The molecule has 1 rings (SSSR count). The lowest BCUT2D eigenvalue weighted by Gasteiger charge is -2.01. The molecule has 0 aliphatic rings. The summed E-state index contributed by atoms with van der Waals surface area (Å²) in [5.41, 5.74) is 1.39. The molecule has 23 heavy (non-hydrogen) atoms. The minimum absolute atomic E-state index is 1.22. The maximum Gasteiger partial charge on any atom is 0.0147 e. The summed E-state index contributed by atoms with van der Waals surface area (Å²) in [4.78, 5) is 3.28. The monoisotopic (exact) mass is 317 g/mol. The number of H-pyrrole nitrogens is 1. The quantitative estimate of drug-likeness (QED) is 0.239. The van der Waals surface area contributed by atoms with Gasteiger partial charge < -0.3 is 4.98 Å². The van der Waals surface area contributed by atoms with Crippen LogP contribution >= 0.6 is 0 Å². The van der Waals surface area contributed by atoms with Crippen LogP contribution < -0.4 is 0 Å². The van der Waals surface area contributed by atoms with Gasteiger partial charge in [0.15, 0.2) is 0 Å². The summed E-state index contributed by atoms with van der Waals surface area (Å²) in [6.07, 6.45) is 27.4. The molecule has 0 spiro atoms. The van der Waals surface area contributed by atoms with E-state index in [1.165, 1.54) is 102 Å². The van der Waals surface area contributed by atoms with Crippen molar-refractivity contribution in [3.8, 4) is 0 Å². The SMILES string of the molecule is CCCCCCCC/C=C\CCCCCCCCc1ccc[nH]1. The highest BCUT2D eigenvalue weighted by Crippen LogP contribution is 2.11. The summed E-state index contributed by atoms with van der Waals surface area (Å²) in [6, 6.07) is 4.28. The van der Waals surface area contributed by atoms with Crippen LogP contribution in [0.25, 0.3) is 0 Å². The van der Waals surface area contributed by atoms with Crippen molar-refractivity contribution in [1.29, 1.82) is 0 Å². The molecule has 0 atom stereocenters. The smallest absolute Gasteiger partial charge is 0.0147 e. The van der Waals surface area contributed by atoms with Crippen molar-refractivity contribution in [3.05, 3.63) is 36.2 Å². The number of aryl methyl sites for hydroxylation is 1. The summed E-state index contributed by atoms with van der Waals surface area (Å²) >= 11 is 0. The Morgan fingerprint density at radius 1 is 0.739 bits per heavy atom. The van der Waals surface area contributed by atoms with Crippen LogP contribution in [0.1, 0.15) is 103 Å². The number of unbranched alkanes of at least 4 members (excludes halogenated alkanes) is 12. The van der Waals surface area contributed by atoms with Gasteiger partial charge in [-0.05, 0) is 50.7 Å². The van der Waals surface area contributed by atoms with Gasteiger partial charge in [0.25, 0.3) is 0 Å². The molecule has 1 aromatic rings. The third-order valence-corrected chi connectivity index (χ3v) is 4.62. The molecule has 0 amide bonds. The summed E-state index contributed by atoms with van der Waals surface area (Å²) < 4.78 is 0. The number of aromatic amines is 1. The lowest BCUT2D eigenvalue weighted by Crippen LogP contribution is -1.86. The fourth-order valence-corrected chi connectivity index (χ4v) is 3.09. The average Bonchev–Trinajstić information content (AvgIpc) is 3.08. The van der Waals surface area contributed by atoms with Crippen LogP contribution in [-0.2, 0) is 6.42 Å². The van der Waals surface area contributed by atoms with Crippen molar-refractivity contribution >= 4 is 0 Å². The number of aromatic nitrogens is 1. The predicted molar refractivity (Wildman–Crippen MR) is 104 cm³/mol. The molecule has 0 saturated heterocycles. The number of nitrogens with one attached hydrogen (secondary N) is 1. The standard InChI is InChI=1S/C22H39N/c1-2-3-4-5-6-7-8-9-10-11-12-13-14-15-16-17-19-22-20-18-21-23-22/h9-10,18,20-21,23H,2-8,11-17,19H2,1H3/b10-9-. The molecule has 0 fully saturated rings. The van der Waals surface area contributed by atoms with Crippen molar-refractivity contribution in [1.82, 2.24) is 4.98 Å². The van der Waals surface area contributed by atoms with Crippen molar-refractivity contribution in [2.75, 3.05) is 0 Å². The molecule has 0 aromatic carbocycles. The van der Waals surface area contributed by atoms with Crippen LogP contribution in [0.15, 0.2) is 30.5 Å². The molecule has 0 aliphatic heterocycles. The van der Waals surface area contributed by atoms with Gasteiger partial charge in [-0.25, -0.2) is 0 Å². The summed E-state index contributed by atoms with van der Waals surface area (Å²) in [5, 5.41) is 0. The van der Waals surface area contributed by atoms with Crippen LogP contribution in [0.3, 0.4) is 0 Å². The third-order valence-electron chi connectivity index (χ3n) is 4.62. The first-order valence-electron chi connectivity index (χ1n) is 10.2. The zero-order valence-electron chi connectivity index (χ0n) is 15.5. The van der Waals surface area contributed by atoms with Gasteiger partial charge in [-0.1, -0.05) is 76.9 Å². The fourth-order valence-electron chi connectivity index (χ4n) is 3.09. The van der Waals surface area contributed by atoms with Gasteiger partial charge in [-0.2, -0.15) is 0 Å². The van der Waals surface area contributed by atoms with Crippen LogP contribution in [-0.4, -0.2) is 4.98 Å². The van der Waals surface area contributed by atoms with Crippen molar-refractivity contribution in [2.24, 2.45) is 0 Å². The highest BCUT2D eigenvalue weighted by atomic mass is 14.7. The first kappa shape index (κ1) is 20.1. The number of rotatable bonds is 16. The zero-order valence-corrected chi connectivity index (χ0v) is 15.5. The van der Waals surface area contributed by atoms with E-state index in [2.05, 4.69) is 36.2 Å². The molecule has 1 N–H and O–H groups in total. The van der Waals surface area contributed by atoms with Gasteiger partial charge >= 0.3 is 0 Å². The van der Waals surface area contributed by atoms with E-state index in [9.17, 15) is 0 Å².